The number of hydrogen-bond donors (Lipinski definition) is 1. The predicted octanol–water partition coefficient (Wildman–Crippen LogP) is 7.00. The maximum atomic E-state index is 10.7. The minimum absolute atomic E-state index is 0.258. The maximum absolute atomic E-state index is 10.7. The molecule has 1 aliphatic rings. The molecule has 0 aromatic heterocycles. The average molecular weight is 345 g/mol. The van der Waals surface area contributed by atoms with Crippen LogP contribution in [-0.4, -0.2) is 11.1 Å². The van der Waals surface area contributed by atoms with Crippen molar-refractivity contribution in [3.8, 4) is 0 Å². The van der Waals surface area contributed by atoms with E-state index in [0.29, 0.717) is 0 Å². The van der Waals surface area contributed by atoms with E-state index in [9.17, 15) is 4.79 Å². The third-order valence-electron chi connectivity index (χ3n) is 5.47. The van der Waals surface area contributed by atoms with Gasteiger partial charge in [-0.05, 0) is 88.4 Å². The van der Waals surface area contributed by atoms with Gasteiger partial charge in [0.25, 0.3) is 0 Å². The second-order valence-corrected chi connectivity index (χ2v) is 8.10. The van der Waals surface area contributed by atoms with Gasteiger partial charge in [0.15, 0.2) is 0 Å². The Hall–Kier alpha value is -1.57. The van der Waals surface area contributed by atoms with Crippen LogP contribution in [0.15, 0.2) is 45.6 Å². The van der Waals surface area contributed by atoms with E-state index in [2.05, 4.69) is 47.6 Å². The minimum Gasteiger partial charge on any atom is -0.478 e. The van der Waals surface area contributed by atoms with E-state index in [0.717, 1.165) is 24.8 Å². The van der Waals surface area contributed by atoms with Crippen LogP contribution in [-0.2, 0) is 4.79 Å². The molecule has 0 atom stereocenters. The molecule has 0 unspecified atom stereocenters. The van der Waals surface area contributed by atoms with Crippen molar-refractivity contribution in [3.05, 3.63) is 45.6 Å². The molecule has 0 bridgehead atoms. The molecule has 140 valence electrons. The molecule has 0 aliphatic heterocycles. The van der Waals surface area contributed by atoms with Gasteiger partial charge < -0.3 is 5.11 Å². The Labute approximate surface area is 154 Å². The zero-order valence-electron chi connectivity index (χ0n) is 17.3. The Balaban J connectivity index is 3.07. The molecular formula is C23H36O2. The van der Waals surface area contributed by atoms with Crippen LogP contribution in [0.25, 0.3) is 0 Å². The number of allylic oxidation sites excluding steroid dienone is 7. The predicted molar refractivity (Wildman–Crippen MR) is 108 cm³/mol. The lowest BCUT2D eigenvalue weighted by Crippen LogP contribution is -2.22. The second kappa shape index (κ2) is 9.22. The summed E-state index contributed by atoms with van der Waals surface area (Å²) in [5.41, 5.74) is 8.53. The van der Waals surface area contributed by atoms with E-state index in [4.69, 9.17) is 5.11 Å². The molecule has 0 aromatic carbocycles. The summed E-state index contributed by atoms with van der Waals surface area (Å²) in [6.07, 6.45) is 10.1. The minimum atomic E-state index is -0.856. The zero-order chi connectivity index (χ0) is 19.2. The van der Waals surface area contributed by atoms with Gasteiger partial charge in [0.2, 0.25) is 0 Å². The van der Waals surface area contributed by atoms with E-state index in [1.54, 1.807) is 11.1 Å². The second-order valence-electron chi connectivity index (χ2n) is 8.10. The highest BCUT2D eigenvalue weighted by molar-refractivity contribution is 5.80. The quantitative estimate of drug-likeness (QED) is 0.399. The molecule has 0 amide bonds. The van der Waals surface area contributed by atoms with Crippen molar-refractivity contribution in [2.45, 2.75) is 87.0 Å². The molecule has 0 heterocycles. The van der Waals surface area contributed by atoms with Crippen LogP contribution in [0.5, 0.6) is 0 Å². The van der Waals surface area contributed by atoms with Crippen LogP contribution in [0.4, 0.5) is 0 Å². The lowest BCUT2D eigenvalue weighted by atomic mass is 9.69. The normalized spacial score (nSPS) is 19.8. The SMILES string of the molecule is CCC(/C(C)=C\CC/C(C)=C/C(=O)O)=C(/C)C1=C(C)CCCC1(C)C. The van der Waals surface area contributed by atoms with Gasteiger partial charge in [0, 0.05) is 6.08 Å². The third-order valence-corrected chi connectivity index (χ3v) is 5.47. The van der Waals surface area contributed by atoms with Gasteiger partial charge in [-0.3, -0.25) is 0 Å². The summed E-state index contributed by atoms with van der Waals surface area (Å²) in [7, 11) is 0. The van der Waals surface area contributed by atoms with Crippen molar-refractivity contribution in [1.82, 2.24) is 0 Å². The van der Waals surface area contributed by atoms with Crippen LogP contribution in [0, 0.1) is 5.41 Å². The summed E-state index contributed by atoms with van der Waals surface area (Å²) in [5.74, 6) is -0.856. The molecule has 2 heteroatoms. The van der Waals surface area contributed by atoms with Crippen LogP contribution in [0.2, 0.25) is 0 Å². The summed E-state index contributed by atoms with van der Waals surface area (Å²) in [5, 5.41) is 8.81. The van der Waals surface area contributed by atoms with E-state index >= 15 is 0 Å². The molecule has 1 N–H and O–H groups in total. The zero-order valence-corrected chi connectivity index (χ0v) is 17.3. The Morgan fingerprint density at radius 1 is 1.24 bits per heavy atom. The van der Waals surface area contributed by atoms with Gasteiger partial charge in [0.1, 0.15) is 0 Å². The Kier molecular flexibility index (Phi) is 7.92. The fourth-order valence-electron chi connectivity index (χ4n) is 4.36. The summed E-state index contributed by atoms with van der Waals surface area (Å²) in [6, 6.07) is 0. The number of hydrogen-bond acceptors (Lipinski definition) is 1. The van der Waals surface area contributed by atoms with Crippen LogP contribution in [0.3, 0.4) is 0 Å². The fourth-order valence-corrected chi connectivity index (χ4v) is 4.36. The first kappa shape index (κ1) is 21.5. The van der Waals surface area contributed by atoms with Crippen LogP contribution in [0.1, 0.15) is 87.0 Å². The van der Waals surface area contributed by atoms with Gasteiger partial charge in [-0.2, -0.15) is 0 Å². The Morgan fingerprint density at radius 2 is 1.88 bits per heavy atom. The van der Waals surface area contributed by atoms with Crippen molar-refractivity contribution in [2.75, 3.05) is 0 Å². The molecule has 0 fully saturated rings. The van der Waals surface area contributed by atoms with E-state index in [1.807, 2.05) is 6.92 Å². The molecule has 0 spiro atoms. The standard InChI is InChI=1S/C23H36O2/c1-8-20(17(3)12-9-11-16(2)15-21(24)25)19(5)22-18(4)13-10-14-23(22,6)7/h12,15H,8-11,13-14H2,1-7H3,(H,24,25)/b16-15+,17-12-,20-19+. The third kappa shape index (κ3) is 6.02. The lowest BCUT2D eigenvalue weighted by molar-refractivity contribution is -0.131. The van der Waals surface area contributed by atoms with Crippen molar-refractivity contribution in [2.24, 2.45) is 5.41 Å². The van der Waals surface area contributed by atoms with Gasteiger partial charge >= 0.3 is 5.97 Å². The van der Waals surface area contributed by atoms with Crippen LogP contribution >= 0.6 is 0 Å². The number of rotatable bonds is 7. The Morgan fingerprint density at radius 3 is 2.40 bits per heavy atom. The average Bonchev–Trinajstić information content (AvgIpc) is 2.45. The molecular weight excluding hydrogens is 308 g/mol. The number of carboxylic acid groups (broad SMARTS) is 1. The molecule has 1 aliphatic carbocycles. The largest absolute Gasteiger partial charge is 0.478 e. The van der Waals surface area contributed by atoms with Crippen molar-refractivity contribution in [1.29, 1.82) is 0 Å². The first-order valence-corrected chi connectivity index (χ1v) is 9.57. The first-order chi connectivity index (χ1) is 11.6. The smallest absolute Gasteiger partial charge is 0.328 e. The van der Waals surface area contributed by atoms with Crippen LogP contribution < -0.4 is 0 Å². The topological polar surface area (TPSA) is 37.3 Å². The highest BCUT2D eigenvalue weighted by atomic mass is 16.4. The van der Waals surface area contributed by atoms with Gasteiger partial charge in [-0.25, -0.2) is 4.79 Å². The summed E-state index contributed by atoms with van der Waals surface area (Å²) in [4.78, 5) is 10.7. The first-order valence-electron chi connectivity index (χ1n) is 9.57. The van der Waals surface area contributed by atoms with E-state index in [1.165, 1.54) is 42.1 Å². The summed E-state index contributed by atoms with van der Waals surface area (Å²) in [6.45, 7) is 15.7. The molecule has 1 rings (SSSR count). The number of carboxylic acids is 1. The van der Waals surface area contributed by atoms with Gasteiger partial charge in [-0.15, -0.1) is 0 Å². The molecule has 0 aromatic rings. The highest BCUT2D eigenvalue weighted by Crippen LogP contribution is 2.45. The summed E-state index contributed by atoms with van der Waals surface area (Å²) >= 11 is 0. The van der Waals surface area contributed by atoms with Crippen molar-refractivity contribution in [3.63, 3.8) is 0 Å². The molecule has 2 nitrogen and oxygen atoms in total. The fraction of sp³-hybridized carbons (Fsp3) is 0.609. The van der Waals surface area contributed by atoms with Crippen molar-refractivity contribution >= 4 is 5.97 Å². The summed E-state index contributed by atoms with van der Waals surface area (Å²) < 4.78 is 0. The number of carbonyl (C=O) groups is 1. The van der Waals surface area contributed by atoms with E-state index in [-0.39, 0.29) is 5.41 Å². The lowest BCUT2D eigenvalue weighted by Gasteiger charge is -2.36. The molecule has 0 saturated heterocycles. The number of aliphatic carboxylic acids is 1. The van der Waals surface area contributed by atoms with E-state index < -0.39 is 5.97 Å². The molecule has 25 heavy (non-hydrogen) atoms. The van der Waals surface area contributed by atoms with Gasteiger partial charge in [0.05, 0.1) is 0 Å². The van der Waals surface area contributed by atoms with Crippen molar-refractivity contribution < 1.29 is 9.90 Å². The van der Waals surface area contributed by atoms with Gasteiger partial charge in [-0.1, -0.05) is 43.6 Å². The molecule has 0 radical (unpaired) electrons. The monoisotopic (exact) mass is 344 g/mol. The molecule has 0 saturated carbocycles. The highest BCUT2D eigenvalue weighted by Gasteiger charge is 2.30. The Bertz CT molecular complexity index is 624. The maximum Gasteiger partial charge on any atom is 0.328 e.